The Balaban J connectivity index is 1.90. The standard InChI is InChI=1S/C9H18N4/c1-2-3-4-6-10-7-5-9-11-8-12-13-9/h8,10H,2-7H2,1H3,(H,11,12,13). The molecule has 0 amide bonds. The molecule has 13 heavy (non-hydrogen) atoms. The van der Waals surface area contributed by atoms with Gasteiger partial charge < -0.3 is 5.32 Å². The van der Waals surface area contributed by atoms with E-state index in [0.29, 0.717) is 0 Å². The molecular formula is C9H18N4. The van der Waals surface area contributed by atoms with Gasteiger partial charge in [-0.2, -0.15) is 5.10 Å². The van der Waals surface area contributed by atoms with Gasteiger partial charge in [0.25, 0.3) is 0 Å². The van der Waals surface area contributed by atoms with Crippen LogP contribution in [0.5, 0.6) is 0 Å². The van der Waals surface area contributed by atoms with Gasteiger partial charge in [-0.1, -0.05) is 19.8 Å². The summed E-state index contributed by atoms with van der Waals surface area (Å²) in [5, 5.41) is 10.00. The minimum absolute atomic E-state index is 0.937. The van der Waals surface area contributed by atoms with E-state index in [4.69, 9.17) is 0 Å². The molecule has 0 atom stereocenters. The summed E-state index contributed by atoms with van der Waals surface area (Å²) in [6, 6.07) is 0. The highest BCUT2D eigenvalue weighted by Gasteiger charge is 1.93. The first-order valence-corrected chi connectivity index (χ1v) is 4.98. The summed E-state index contributed by atoms with van der Waals surface area (Å²) in [7, 11) is 0. The molecule has 1 aromatic heterocycles. The van der Waals surface area contributed by atoms with Crippen LogP contribution in [0.2, 0.25) is 0 Å². The minimum Gasteiger partial charge on any atom is -0.316 e. The van der Waals surface area contributed by atoms with E-state index < -0.39 is 0 Å². The lowest BCUT2D eigenvalue weighted by atomic mass is 10.2. The Morgan fingerprint density at radius 2 is 2.31 bits per heavy atom. The third kappa shape index (κ3) is 4.62. The number of aromatic nitrogens is 3. The second-order valence-electron chi connectivity index (χ2n) is 3.14. The van der Waals surface area contributed by atoms with Crippen LogP contribution in [0, 0.1) is 0 Å². The lowest BCUT2D eigenvalue weighted by molar-refractivity contribution is 0.610. The normalized spacial score (nSPS) is 10.5. The first-order valence-electron chi connectivity index (χ1n) is 4.98. The molecule has 0 saturated heterocycles. The van der Waals surface area contributed by atoms with E-state index in [0.717, 1.165) is 25.3 Å². The lowest BCUT2D eigenvalue weighted by Gasteiger charge is -2.01. The number of aromatic amines is 1. The number of rotatable bonds is 7. The van der Waals surface area contributed by atoms with Crippen LogP contribution >= 0.6 is 0 Å². The molecule has 74 valence electrons. The van der Waals surface area contributed by atoms with Crippen molar-refractivity contribution in [3.63, 3.8) is 0 Å². The Bertz CT molecular complexity index is 195. The SMILES string of the molecule is CCCCCNCCc1ncn[nH]1. The highest BCUT2D eigenvalue weighted by atomic mass is 15.2. The van der Waals surface area contributed by atoms with Crippen molar-refractivity contribution >= 4 is 0 Å². The van der Waals surface area contributed by atoms with Gasteiger partial charge in [0.15, 0.2) is 0 Å². The predicted octanol–water partition coefficient (Wildman–Crippen LogP) is 1.13. The Hall–Kier alpha value is -0.900. The van der Waals surface area contributed by atoms with Crippen LogP contribution in [0.25, 0.3) is 0 Å². The summed E-state index contributed by atoms with van der Waals surface area (Å²) in [5.74, 6) is 0.961. The summed E-state index contributed by atoms with van der Waals surface area (Å²) in [4.78, 5) is 4.04. The van der Waals surface area contributed by atoms with Crippen LogP contribution in [0.1, 0.15) is 32.0 Å². The first-order chi connectivity index (χ1) is 6.43. The minimum atomic E-state index is 0.937. The molecule has 1 aromatic rings. The number of H-pyrrole nitrogens is 1. The molecule has 0 saturated carbocycles. The molecule has 0 unspecified atom stereocenters. The Morgan fingerprint density at radius 3 is 3.00 bits per heavy atom. The first kappa shape index (κ1) is 10.2. The maximum atomic E-state index is 4.04. The Kier molecular flexibility index (Phi) is 5.17. The van der Waals surface area contributed by atoms with E-state index in [9.17, 15) is 0 Å². The summed E-state index contributed by atoms with van der Waals surface area (Å²) in [5.41, 5.74) is 0. The van der Waals surface area contributed by atoms with Crippen molar-refractivity contribution in [2.75, 3.05) is 13.1 Å². The van der Waals surface area contributed by atoms with Crippen LogP contribution in [0.4, 0.5) is 0 Å². The molecule has 0 aliphatic heterocycles. The fourth-order valence-corrected chi connectivity index (χ4v) is 1.18. The van der Waals surface area contributed by atoms with Crippen LogP contribution < -0.4 is 5.32 Å². The van der Waals surface area contributed by atoms with E-state index in [1.54, 1.807) is 6.33 Å². The van der Waals surface area contributed by atoms with Crippen molar-refractivity contribution in [3.8, 4) is 0 Å². The maximum Gasteiger partial charge on any atom is 0.137 e. The summed E-state index contributed by atoms with van der Waals surface area (Å²) < 4.78 is 0. The summed E-state index contributed by atoms with van der Waals surface area (Å²) >= 11 is 0. The van der Waals surface area contributed by atoms with E-state index in [1.165, 1.54) is 19.3 Å². The fraction of sp³-hybridized carbons (Fsp3) is 0.778. The number of unbranched alkanes of at least 4 members (excludes halogenated alkanes) is 2. The van der Waals surface area contributed by atoms with Gasteiger partial charge in [-0.15, -0.1) is 0 Å². The predicted molar refractivity (Wildman–Crippen MR) is 52.5 cm³/mol. The molecule has 0 aliphatic rings. The van der Waals surface area contributed by atoms with Crippen LogP contribution in [-0.4, -0.2) is 28.3 Å². The molecular weight excluding hydrogens is 164 g/mol. The second kappa shape index (κ2) is 6.60. The van der Waals surface area contributed by atoms with Crippen molar-refractivity contribution in [3.05, 3.63) is 12.2 Å². The van der Waals surface area contributed by atoms with Crippen molar-refractivity contribution in [2.24, 2.45) is 0 Å². The lowest BCUT2D eigenvalue weighted by Crippen LogP contribution is -2.18. The smallest absolute Gasteiger partial charge is 0.137 e. The topological polar surface area (TPSA) is 53.6 Å². The zero-order chi connectivity index (χ0) is 9.36. The maximum absolute atomic E-state index is 4.04. The van der Waals surface area contributed by atoms with E-state index in [1.807, 2.05) is 0 Å². The molecule has 0 aliphatic carbocycles. The van der Waals surface area contributed by atoms with E-state index >= 15 is 0 Å². The molecule has 0 spiro atoms. The second-order valence-corrected chi connectivity index (χ2v) is 3.14. The molecule has 0 bridgehead atoms. The molecule has 0 fully saturated rings. The summed E-state index contributed by atoms with van der Waals surface area (Å²) in [6.45, 7) is 4.31. The van der Waals surface area contributed by atoms with Gasteiger partial charge in [0.05, 0.1) is 0 Å². The third-order valence-corrected chi connectivity index (χ3v) is 1.96. The molecule has 4 nitrogen and oxygen atoms in total. The largest absolute Gasteiger partial charge is 0.316 e. The van der Waals surface area contributed by atoms with Gasteiger partial charge in [0.2, 0.25) is 0 Å². The zero-order valence-corrected chi connectivity index (χ0v) is 8.21. The van der Waals surface area contributed by atoms with Gasteiger partial charge in [0, 0.05) is 13.0 Å². The monoisotopic (exact) mass is 182 g/mol. The molecule has 0 aromatic carbocycles. The Labute approximate surface area is 79.2 Å². The number of nitrogens with one attached hydrogen (secondary N) is 2. The molecule has 0 radical (unpaired) electrons. The number of nitrogens with zero attached hydrogens (tertiary/aromatic N) is 2. The van der Waals surface area contributed by atoms with Crippen molar-refractivity contribution in [1.82, 2.24) is 20.5 Å². The Morgan fingerprint density at radius 1 is 1.38 bits per heavy atom. The molecule has 4 heteroatoms. The average Bonchev–Trinajstić information content (AvgIpc) is 2.63. The van der Waals surface area contributed by atoms with Crippen LogP contribution in [0.3, 0.4) is 0 Å². The van der Waals surface area contributed by atoms with Gasteiger partial charge in [-0.3, -0.25) is 5.10 Å². The van der Waals surface area contributed by atoms with Gasteiger partial charge in [-0.25, -0.2) is 4.98 Å². The quantitative estimate of drug-likeness (QED) is 0.621. The third-order valence-electron chi connectivity index (χ3n) is 1.96. The summed E-state index contributed by atoms with van der Waals surface area (Å²) in [6.07, 6.45) is 6.35. The van der Waals surface area contributed by atoms with Crippen LogP contribution in [-0.2, 0) is 6.42 Å². The average molecular weight is 182 g/mol. The molecule has 1 heterocycles. The van der Waals surface area contributed by atoms with Gasteiger partial charge in [0.1, 0.15) is 12.2 Å². The highest BCUT2D eigenvalue weighted by Crippen LogP contribution is 1.91. The van der Waals surface area contributed by atoms with Crippen LogP contribution in [0.15, 0.2) is 6.33 Å². The van der Waals surface area contributed by atoms with Gasteiger partial charge >= 0.3 is 0 Å². The fourth-order valence-electron chi connectivity index (χ4n) is 1.18. The van der Waals surface area contributed by atoms with Crippen molar-refractivity contribution in [2.45, 2.75) is 32.6 Å². The van der Waals surface area contributed by atoms with Crippen molar-refractivity contribution < 1.29 is 0 Å². The van der Waals surface area contributed by atoms with E-state index in [-0.39, 0.29) is 0 Å². The van der Waals surface area contributed by atoms with Gasteiger partial charge in [-0.05, 0) is 13.0 Å². The number of hydrogen-bond donors (Lipinski definition) is 2. The zero-order valence-electron chi connectivity index (χ0n) is 8.21. The highest BCUT2D eigenvalue weighted by molar-refractivity contribution is 4.80. The number of hydrogen-bond acceptors (Lipinski definition) is 3. The molecule has 2 N–H and O–H groups in total. The molecule has 1 rings (SSSR count). The van der Waals surface area contributed by atoms with E-state index in [2.05, 4.69) is 27.4 Å². The van der Waals surface area contributed by atoms with Crippen molar-refractivity contribution in [1.29, 1.82) is 0 Å².